The van der Waals surface area contributed by atoms with Crippen molar-refractivity contribution in [2.24, 2.45) is 5.41 Å². The fourth-order valence-corrected chi connectivity index (χ4v) is 2.71. The SMILES string of the molecule is CCCCN1C(=O)C(O)(CC(=O)C(C)(C)C)c2ccccc21. The number of carbonyl (C=O) groups is 2. The van der Waals surface area contributed by atoms with Crippen LogP contribution in [0.15, 0.2) is 24.3 Å². The van der Waals surface area contributed by atoms with Crippen LogP contribution in [0.5, 0.6) is 0 Å². The minimum absolute atomic E-state index is 0.115. The normalized spacial score (nSPS) is 21.1. The Balaban J connectivity index is 2.40. The van der Waals surface area contributed by atoms with Crippen molar-refractivity contribution < 1.29 is 14.7 Å². The van der Waals surface area contributed by atoms with E-state index in [0.717, 1.165) is 18.5 Å². The number of hydrogen-bond donors (Lipinski definition) is 1. The van der Waals surface area contributed by atoms with Gasteiger partial charge in [-0.25, -0.2) is 0 Å². The van der Waals surface area contributed by atoms with Crippen molar-refractivity contribution in [1.29, 1.82) is 0 Å². The molecule has 0 saturated carbocycles. The van der Waals surface area contributed by atoms with E-state index in [-0.39, 0.29) is 18.1 Å². The summed E-state index contributed by atoms with van der Waals surface area (Å²) in [7, 11) is 0. The maximum absolute atomic E-state index is 12.8. The minimum atomic E-state index is -1.73. The average Bonchev–Trinajstić information content (AvgIpc) is 2.66. The lowest BCUT2D eigenvalue weighted by Crippen LogP contribution is -2.43. The molecule has 0 aliphatic carbocycles. The highest BCUT2D eigenvalue weighted by atomic mass is 16.3. The van der Waals surface area contributed by atoms with Crippen molar-refractivity contribution in [1.82, 2.24) is 0 Å². The zero-order valence-corrected chi connectivity index (χ0v) is 13.8. The van der Waals surface area contributed by atoms with Crippen molar-refractivity contribution in [3.8, 4) is 0 Å². The van der Waals surface area contributed by atoms with Crippen molar-refractivity contribution >= 4 is 17.4 Å². The van der Waals surface area contributed by atoms with Gasteiger partial charge in [-0.1, -0.05) is 52.3 Å². The second-order valence-corrected chi connectivity index (χ2v) is 7.04. The van der Waals surface area contributed by atoms with Crippen molar-refractivity contribution in [3.63, 3.8) is 0 Å². The summed E-state index contributed by atoms with van der Waals surface area (Å²) in [5.41, 5.74) is -1.03. The van der Waals surface area contributed by atoms with E-state index in [9.17, 15) is 14.7 Å². The van der Waals surface area contributed by atoms with Crippen molar-refractivity contribution in [2.45, 2.75) is 52.6 Å². The number of rotatable bonds is 5. The van der Waals surface area contributed by atoms with E-state index in [2.05, 4.69) is 6.92 Å². The molecule has 1 N–H and O–H groups in total. The number of benzene rings is 1. The monoisotopic (exact) mass is 303 g/mol. The van der Waals surface area contributed by atoms with Crippen LogP contribution in [0.2, 0.25) is 0 Å². The van der Waals surface area contributed by atoms with E-state index in [1.807, 2.05) is 12.1 Å². The molecule has 4 nitrogen and oxygen atoms in total. The number of para-hydroxylation sites is 1. The van der Waals surface area contributed by atoms with Gasteiger partial charge in [-0.05, 0) is 12.5 Å². The Morgan fingerprint density at radius 1 is 1.27 bits per heavy atom. The predicted octanol–water partition coefficient (Wildman–Crippen LogP) is 3.03. The smallest absolute Gasteiger partial charge is 0.264 e. The van der Waals surface area contributed by atoms with Crippen molar-refractivity contribution in [2.75, 3.05) is 11.4 Å². The molecule has 0 fully saturated rings. The molecule has 1 aromatic rings. The third-order valence-corrected chi connectivity index (χ3v) is 4.23. The molecule has 0 bridgehead atoms. The minimum Gasteiger partial charge on any atom is -0.375 e. The van der Waals surface area contributed by atoms with Crippen LogP contribution >= 0.6 is 0 Å². The summed E-state index contributed by atoms with van der Waals surface area (Å²) in [4.78, 5) is 26.8. The van der Waals surface area contributed by atoms with Gasteiger partial charge in [0.25, 0.3) is 5.91 Å². The summed E-state index contributed by atoms with van der Waals surface area (Å²) in [5, 5.41) is 11.0. The van der Waals surface area contributed by atoms with Gasteiger partial charge in [0, 0.05) is 23.9 Å². The summed E-state index contributed by atoms with van der Waals surface area (Å²) >= 11 is 0. The number of fused-ring (bicyclic) bond motifs is 1. The molecule has 1 aliphatic heterocycles. The Kier molecular flexibility index (Phi) is 4.43. The summed E-state index contributed by atoms with van der Waals surface area (Å²) in [5.74, 6) is -0.491. The topological polar surface area (TPSA) is 57.6 Å². The van der Waals surface area contributed by atoms with Crippen molar-refractivity contribution in [3.05, 3.63) is 29.8 Å². The molecule has 120 valence electrons. The molecule has 1 aromatic carbocycles. The van der Waals surface area contributed by atoms with Crippen LogP contribution in [0.3, 0.4) is 0 Å². The lowest BCUT2D eigenvalue weighted by molar-refractivity contribution is -0.144. The number of amides is 1. The van der Waals surface area contributed by atoms with Gasteiger partial charge >= 0.3 is 0 Å². The number of ketones is 1. The average molecular weight is 303 g/mol. The molecule has 1 atom stereocenters. The summed E-state index contributed by atoms with van der Waals surface area (Å²) < 4.78 is 0. The third-order valence-electron chi connectivity index (χ3n) is 4.23. The fraction of sp³-hybridized carbons (Fsp3) is 0.556. The van der Waals surface area contributed by atoms with Gasteiger partial charge in [-0.15, -0.1) is 0 Å². The van der Waals surface area contributed by atoms with E-state index < -0.39 is 11.0 Å². The van der Waals surface area contributed by atoms with E-state index in [0.29, 0.717) is 12.1 Å². The van der Waals surface area contributed by atoms with Crippen LogP contribution in [-0.4, -0.2) is 23.3 Å². The second-order valence-electron chi connectivity index (χ2n) is 7.04. The molecule has 1 heterocycles. The molecule has 22 heavy (non-hydrogen) atoms. The first-order valence-electron chi connectivity index (χ1n) is 7.89. The molecule has 2 rings (SSSR count). The Hall–Kier alpha value is -1.68. The zero-order valence-electron chi connectivity index (χ0n) is 13.8. The third kappa shape index (κ3) is 2.80. The first kappa shape index (κ1) is 16.7. The lowest BCUT2D eigenvalue weighted by atomic mass is 9.81. The Labute approximate surface area is 132 Å². The maximum atomic E-state index is 12.8. The summed E-state index contributed by atoms with van der Waals surface area (Å²) in [6.45, 7) is 8.04. The van der Waals surface area contributed by atoms with Crippen LogP contribution in [0.4, 0.5) is 5.69 Å². The number of unbranched alkanes of at least 4 members (excludes halogenated alkanes) is 1. The molecule has 0 saturated heterocycles. The first-order chi connectivity index (χ1) is 10.2. The molecular weight excluding hydrogens is 278 g/mol. The zero-order chi connectivity index (χ0) is 16.5. The van der Waals surface area contributed by atoms with Gasteiger partial charge in [0.2, 0.25) is 0 Å². The van der Waals surface area contributed by atoms with Gasteiger partial charge < -0.3 is 10.0 Å². The van der Waals surface area contributed by atoms with Gasteiger partial charge in [0.15, 0.2) is 5.60 Å². The van der Waals surface area contributed by atoms with E-state index in [1.54, 1.807) is 37.8 Å². The highest BCUT2D eigenvalue weighted by Gasteiger charge is 2.51. The summed E-state index contributed by atoms with van der Waals surface area (Å²) in [6.07, 6.45) is 1.66. The number of carbonyl (C=O) groups excluding carboxylic acids is 2. The number of aliphatic hydroxyl groups is 1. The Morgan fingerprint density at radius 2 is 1.91 bits per heavy atom. The molecular formula is C18H25NO3. The largest absolute Gasteiger partial charge is 0.375 e. The van der Waals surface area contributed by atoms with E-state index in [1.165, 1.54) is 0 Å². The Bertz CT molecular complexity index is 588. The second kappa shape index (κ2) is 5.84. The quantitative estimate of drug-likeness (QED) is 0.909. The van der Waals surface area contributed by atoms with Gasteiger partial charge in [0.05, 0.1) is 5.69 Å². The molecule has 4 heteroatoms. The van der Waals surface area contributed by atoms with Crippen LogP contribution < -0.4 is 4.90 Å². The Morgan fingerprint density at radius 3 is 2.50 bits per heavy atom. The highest BCUT2D eigenvalue weighted by Crippen LogP contribution is 2.43. The maximum Gasteiger partial charge on any atom is 0.264 e. The summed E-state index contributed by atoms with van der Waals surface area (Å²) in [6, 6.07) is 7.22. The van der Waals surface area contributed by atoms with Gasteiger partial charge in [-0.2, -0.15) is 0 Å². The molecule has 0 aromatic heterocycles. The van der Waals surface area contributed by atoms with Crippen LogP contribution in [0.25, 0.3) is 0 Å². The number of Topliss-reactive ketones (excluding diaryl/α,β-unsaturated/α-hetero) is 1. The number of nitrogens with zero attached hydrogens (tertiary/aromatic N) is 1. The van der Waals surface area contributed by atoms with E-state index in [4.69, 9.17) is 0 Å². The lowest BCUT2D eigenvalue weighted by Gasteiger charge is -2.26. The highest BCUT2D eigenvalue weighted by molar-refractivity contribution is 6.09. The first-order valence-corrected chi connectivity index (χ1v) is 7.89. The van der Waals surface area contributed by atoms with E-state index >= 15 is 0 Å². The molecule has 1 aliphatic rings. The number of hydrogen-bond acceptors (Lipinski definition) is 3. The predicted molar refractivity (Wildman–Crippen MR) is 86.7 cm³/mol. The fourth-order valence-electron chi connectivity index (χ4n) is 2.71. The van der Waals surface area contributed by atoms with Gasteiger partial charge in [-0.3, -0.25) is 9.59 Å². The van der Waals surface area contributed by atoms with Gasteiger partial charge in [0.1, 0.15) is 5.78 Å². The van der Waals surface area contributed by atoms with Crippen LogP contribution in [0.1, 0.15) is 52.5 Å². The molecule has 0 spiro atoms. The number of anilines is 1. The standard InChI is InChI=1S/C18H25NO3/c1-5-6-11-19-14-10-8-7-9-13(14)18(22,16(19)21)12-15(20)17(2,3)4/h7-10,22H,5-6,11-12H2,1-4H3. The van der Waals surface area contributed by atoms with Crippen LogP contribution in [0, 0.1) is 5.41 Å². The molecule has 0 radical (unpaired) electrons. The molecule has 1 unspecified atom stereocenters. The molecule has 1 amide bonds. The van der Waals surface area contributed by atoms with Crippen LogP contribution in [-0.2, 0) is 15.2 Å².